The van der Waals surface area contributed by atoms with Crippen LogP contribution >= 0.6 is 0 Å². The number of non-ortho nitro benzene ring substituents is 2. The molecular weight excluding hydrogens is 576 g/mol. The second-order valence-electron chi connectivity index (χ2n) is 9.98. The maximum atomic E-state index is 13.5. The number of hydrogen-bond donors (Lipinski definition) is 0. The normalized spacial score (nSPS) is 14.9. The van der Waals surface area contributed by atoms with Crippen molar-refractivity contribution in [2.75, 3.05) is 9.80 Å². The minimum absolute atomic E-state index is 0.0288. The molecule has 14 heteroatoms. The Morgan fingerprint density at radius 1 is 0.409 bits per heavy atom. The van der Waals surface area contributed by atoms with Crippen molar-refractivity contribution < 1.29 is 38.6 Å². The van der Waals surface area contributed by atoms with E-state index in [-0.39, 0.29) is 67.3 Å². The minimum atomic E-state index is -0.834. The largest absolute Gasteiger partial charge is 0.289 e. The van der Waals surface area contributed by atoms with E-state index in [4.69, 9.17) is 0 Å². The van der Waals surface area contributed by atoms with Crippen LogP contribution in [0.1, 0.15) is 73.3 Å². The van der Waals surface area contributed by atoms with Crippen molar-refractivity contribution in [2.45, 2.75) is 0 Å². The quantitative estimate of drug-likeness (QED) is 0.169. The number of nitro groups is 2. The highest BCUT2D eigenvalue weighted by Crippen LogP contribution is 2.37. The lowest BCUT2D eigenvalue weighted by Crippen LogP contribution is -2.31. The van der Waals surface area contributed by atoms with Gasteiger partial charge in [-0.1, -0.05) is 0 Å². The number of anilines is 2. The van der Waals surface area contributed by atoms with Crippen molar-refractivity contribution in [1.82, 2.24) is 0 Å². The lowest BCUT2D eigenvalue weighted by molar-refractivity contribution is -0.385. The molecule has 0 radical (unpaired) electrons. The van der Waals surface area contributed by atoms with Crippen LogP contribution in [0.25, 0.3) is 0 Å². The van der Waals surface area contributed by atoms with Crippen molar-refractivity contribution in [1.29, 1.82) is 0 Å². The van der Waals surface area contributed by atoms with E-state index in [9.17, 15) is 49.0 Å². The van der Waals surface area contributed by atoms with Gasteiger partial charge in [-0.15, -0.1) is 0 Å². The molecule has 14 nitrogen and oxygen atoms in total. The first-order valence-corrected chi connectivity index (χ1v) is 12.7. The highest BCUT2D eigenvalue weighted by atomic mass is 16.6. The summed E-state index contributed by atoms with van der Waals surface area (Å²) in [6.07, 6.45) is 0. The Bertz CT molecular complexity index is 2020. The Hall–Kier alpha value is -6.70. The van der Waals surface area contributed by atoms with Gasteiger partial charge in [-0.05, 0) is 48.5 Å². The van der Waals surface area contributed by atoms with Crippen LogP contribution in [0.3, 0.4) is 0 Å². The predicted molar refractivity (Wildman–Crippen MR) is 148 cm³/mol. The van der Waals surface area contributed by atoms with Gasteiger partial charge in [0, 0.05) is 46.5 Å². The Balaban J connectivity index is 1.23. The van der Waals surface area contributed by atoms with E-state index in [1.165, 1.54) is 48.5 Å². The molecule has 2 aliphatic heterocycles. The molecule has 0 unspecified atom stereocenters. The molecule has 3 aliphatic rings. The third-order valence-electron chi connectivity index (χ3n) is 7.66. The van der Waals surface area contributed by atoms with Crippen molar-refractivity contribution in [2.24, 2.45) is 0 Å². The number of fused-ring (bicyclic) bond motifs is 4. The molecule has 0 saturated carbocycles. The second kappa shape index (κ2) is 8.90. The van der Waals surface area contributed by atoms with E-state index in [0.717, 1.165) is 34.1 Å². The number of nitro benzene ring substituents is 2. The minimum Gasteiger partial charge on any atom is -0.289 e. The van der Waals surface area contributed by atoms with Crippen molar-refractivity contribution in [3.63, 3.8) is 0 Å². The predicted octanol–water partition coefficient (Wildman–Crippen LogP) is 3.88. The number of ketones is 2. The van der Waals surface area contributed by atoms with E-state index in [2.05, 4.69) is 0 Å². The Morgan fingerprint density at radius 2 is 0.750 bits per heavy atom. The molecule has 0 atom stereocenters. The van der Waals surface area contributed by atoms with Gasteiger partial charge in [-0.25, -0.2) is 9.80 Å². The van der Waals surface area contributed by atoms with Gasteiger partial charge >= 0.3 is 0 Å². The number of carbonyl (C=O) groups is 6. The molecule has 1 aliphatic carbocycles. The first kappa shape index (κ1) is 26.2. The van der Waals surface area contributed by atoms with Gasteiger partial charge in [0.2, 0.25) is 0 Å². The Kier molecular flexibility index (Phi) is 5.30. The van der Waals surface area contributed by atoms with Crippen molar-refractivity contribution in [3.8, 4) is 0 Å². The van der Waals surface area contributed by atoms with Crippen molar-refractivity contribution in [3.05, 3.63) is 138 Å². The maximum Gasteiger partial charge on any atom is 0.270 e. The molecule has 4 amide bonds. The van der Waals surface area contributed by atoms with Gasteiger partial charge in [0.25, 0.3) is 35.0 Å². The third-order valence-corrected chi connectivity index (χ3v) is 7.66. The van der Waals surface area contributed by atoms with Crippen LogP contribution < -0.4 is 9.80 Å². The van der Waals surface area contributed by atoms with E-state index >= 15 is 0 Å². The summed E-state index contributed by atoms with van der Waals surface area (Å²) in [7, 11) is 0. The molecular formula is C30H12N4O10. The first-order valence-electron chi connectivity index (χ1n) is 12.7. The summed E-state index contributed by atoms with van der Waals surface area (Å²) in [6, 6.07) is 14.0. The van der Waals surface area contributed by atoms with Gasteiger partial charge in [0.05, 0.1) is 43.5 Å². The third kappa shape index (κ3) is 3.48. The number of nitrogens with zero attached hydrogens (tertiary/aromatic N) is 4. The number of imide groups is 2. The van der Waals surface area contributed by atoms with Gasteiger partial charge in [0.15, 0.2) is 11.6 Å². The highest BCUT2D eigenvalue weighted by molar-refractivity contribution is 6.37. The zero-order valence-electron chi connectivity index (χ0n) is 21.8. The molecule has 7 rings (SSSR count). The average Bonchev–Trinajstić information content (AvgIpc) is 3.42. The molecule has 0 N–H and O–H groups in total. The first-order chi connectivity index (χ1) is 21.0. The molecule has 0 aromatic heterocycles. The van der Waals surface area contributed by atoms with Crippen LogP contribution in [0.5, 0.6) is 0 Å². The van der Waals surface area contributed by atoms with E-state index in [1.54, 1.807) is 0 Å². The molecule has 2 heterocycles. The summed E-state index contributed by atoms with van der Waals surface area (Å²) >= 11 is 0. The highest BCUT2D eigenvalue weighted by Gasteiger charge is 2.41. The SMILES string of the molecule is O=C1c2ccc(N3C(=O)c4ccc([N+](=O)[O-])cc4C3=O)cc2C(=O)c2ccc(N3C(=O)c4ccc([N+](=O)[O-])cc4C3=O)cc21. The topological polar surface area (TPSA) is 195 Å². The van der Waals surface area contributed by atoms with Gasteiger partial charge < -0.3 is 0 Å². The molecule has 0 saturated heterocycles. The van der Waals surface area contributed by atoms with E-state index in [0.29, 0.717) is 0 Å². The smallest absolute Gasteiger partial charge is 0.270 e. The Morgan fingerprint density at radius 3 is 1.11 bits per heavy atom. The van der Waals surface area contributed by atoms with Crippen LogP contribution in [0.15, 0.2) is 72.8 Å². The van der Waals surface area contributed by atoms with Crippen LogP contribution in [-0.2, 0) is 0 Å². The average molecular weight is 588 g/mol. The van der Waals surface area contributed by atoms with Crippen LogP contribution in [0.4, 0.5) is 22.7 Å². The van der Waals surface area contributed by atoms with Crippen molar-refractivity contribution >= 4 is 57.9 Å². The number of hydrogen-bond acceptors (Lipinski definition) is 10. The zero-order chi connectivity index (χ0) is 31.2. The van der Waals surface area contributed by atoms with E-state index < -0.39 is 45.0 Å². The van der Waals surface area contributed by atoms with Gasteiger partial charge in [0.1, 0.15) is 0 Å². The fraction of sp³-hybridized carbons (Fsp3) is 0. The molecule has 212 valence electrons. The standard InChI is InChI=1S/C30H12N4O10/c35-25-17-5-1-13(31-27(37)19-7-3-15(33(41)42)11-23(19)29(31)39)9-21(17)26(36)18-6-2-14(10-22(18)25)32-28(38)20-8-4-16(34(43)44)12-24(20)30(32)40/h1-12H. The van der Waals surface area contributed by atoms with Crippen LogP contribution in [-0.4, -0.2) is 45.0 Å². The molecule has 44 heavy (non-hydrogen) atoms. The number of amides is 4. The lowest BCUT2D eigenvalue weighted by atomic mass is 9.83. The molecule has 4 aromatic rings. The Labute approximate surface area is 244 Å². The summed E-state index contributed by atoms with van der Waals surface area (Å²) in [5.74, 6) is -4.45. The summed E-state index contributed by atoms with van der Waals surface area (Å²) < 4.78 is 0. The fourth-order valence-electron chi connectivity index (χ4n) is 5.56. The van der Waals surface area contributed by atoms with Crippen LogP contribution in [0, 0.1) is 20.2 Å². The fourth-order valence-corrected chi connectivity index (χ4v) is 5.56. The van der Waals surface area contributed by atoms with Gasteiger partial charge in [-0.2, -0.15) is 0 Å². The second-order valence-corrected chi connectivity index (χ2v) is 9.98. The lowest BCUT2D eigenvalue weighted by Gasteiger charge is -2.22. The van der Waals surface area contributed by atoms with Gasteiger partial charge in [-0.3, -0.25) is 49.0 Å². The van der Waals surface area contributed by atoms with E-state index in [1.807, 2.05) is 0 Å². The summed E-state index contributed by atoms with van der Waals surface area (Å²) in [4.78, 5) is 102. The molecule has 0 bridgehead atoms. The number of benzene rings is 4. The summed E-state index contributed by atoms with van der Waals surface area (Å²) in [5.41, 5.74) is -1.61. The monoisotopic (exact) mass is 588 g/mol. The number of rotatable bonds is 4. The molecule has 0 spiro atoms. The maximum absolute atomic E-state index is 13.5. The summed E-state index contributed by atoms with van der Waals surface area (Å²) in [5, 5.41) is 22.3. The van der Waals surface area contributed by atoms with Crippen LogP contribution in [0.2, 0.25) is 0 Å². The zero-order valence-corrected chi connectivity index (χ0v) is 21.8. The summed E-state index contributed by atoms with van der Waals surface area (Å²) in [6.45, 7) is 0. The molecule has 4 aromatic carbocycles. The molecule has 0 fully saturated rings. The number of carbonyl (C=O) groups excluding carboxylic acids is 6.